The average Bonchev–Trinajstić information content (AvgIpc) is 3.54. The SMILES string of the molecule is CCCCC(CC)Cc1ccc2c(c1)C1(Cc3c(Br)sc(Br)c3C1)c1cc(CC(CC)CCCC)ccc1-2. The van der Waals surface area contributed by atoms with Crippen molar-refractivity contribution in [2.75, 3.05) is 0 Å². The number of unbranched alkanes of at least 4 members (excludes halogenated alkanes) is 2. The van der Waals surface area contributed by atoms with Crippen LogP contribution >= 0.6 is 43.2 Å². The summed E-state index contributed by atoms with van der Waals surface area (Å²) < 4.78 is 2.63. The molecule has 1 heterocycles. The highest BCUT2D eigenvalue weighted by atomic mass is 79.9. The van der Waals surface area contributed by atoms with Gasteiger partial charge in [0, 0.05) is 5.41 Å². The van der Waals surface area contributed by atoms with E-state index in [9.17, 15) is 0 Å². The Morgan fingerprint density at radius 2 is 1.16 bits per heavy atom. The topological polar surface area (TPSA) is 0 Å². The highest BCUT2D eigenvalue weighted by Crippen LogP contribution is 2.59. The summed E-state index contributed by atoms with van der Waals surface area (Å²) in [7, 11) is 0. The van der Waals surface area contributed by atoms with Crippen LogP contribution in [0, 0.1) is 11.8 Å². The van der Waals surface area contributed by atoms with Gasteiger partial charge in [-0.15, -0.1) is 11.3 Å². The third kappa shape index (κ3) is 5.38. The Labute approximate surface area is 252 Å². The number of thiophene rings is 1. The quantitative estimate of drug-likeness (QED) is 0.182. The van der Waals surface area contributed by atoms with Crippen LogP contribution in [0.15, 0.2) is 44.0 Å². The zero-order valence-electron chi connectivity index (χ0n) is 23.8. The first kappa shape index (κ1) is 28.6. The second-order valence-corrected chi connectivity index (χ2v) is 15.7. The highest BCUT2D eigenvalue weighted by molar-refractivity contribution is 9.12. The minimum Gasteiger partial charge on any atom is -0.121 e. The zero-order valence-corrected chi connectivity index (χ0v) is 27.8. The van der Waals surface area contributed by atoms with Crippen molar-refractivity contribution in [3.8, 4) is 11.1 Å². The molecule has 1 spiro atoms. The van der Waals surface area contributed by atoms with E-state index in [1.807, 2.05) is 11.3 Å². The van der Waals surface area contributed by atoms with E-state index in [1.165, 1.54) is 105 Å². The summed E-state index contributed by atoms with van der Waals surface area (Å²) >= 11 is 9.71. The lowest BCUT2D eigenvalue weighted by Crippen LogP contribution is -2.26. The maximum Gasteiger partial charge on any atom is 0.0745 e. The van der Waals surface area contributed by atoms with Crippen molar-refractivity contribution in [1.29, 1.82) is 0 Å². The minimum atomic E-state index is 0.0661. The summed E-state index contributed by atoms with van der Waals surface area (Å²) in [5.74, 6) is 1.59. The van der Waals surface area contributed by atoms with Crippen molar-refractivity contribution in [3.63, 3.8) is 0 Å². The molecule has 1 aromatic heterocycles. The van der Waals surface area contributed by atoms with E-state index in [0.29, 0.717) is 0 Å². The van der Waals surface area contributed by atoms with Gasteiger partial charge in [0.15, 0.2) is 0 Å². The Morgan fingerprint density at radius 3 is 1.55 bits per heavy atom. The summed E-state index contributed by atoms with van der Waals surface area (Å²) in [5, 5.41) is 0. The molecule has 0 N–H and O–H groups in total. The molecule has 38 heavy (non-hydrogen) atoms. The van der Waals surface area contributed by atoms with Gasteiger partial charge in [-0.25, -0.2) is 0 Å². The van der Waals surface area contributed by atoms with Gasteiger partial charge in [0.25, 0.3) is 0 Å². The Kier molecular flexibility index (Phi) is 9.27. The molecule has 2 aromatic carbocycles. The van der Waals surface area contributed by atoms with Crippen molar-refractivity contribution in [2.24, 2.45) is 11.8 Å². The molecule has 0 saturated carbocycles. The van der Waals surface area contributed by atoms with Crippen LogP contribution in [0.2, 0.25) is 0 Å². The predicted octanol–water partition coefficient (Wildman–Crippen LogP) is 11.9. The van der Waals surface area contributed by atoms with Gasteiger partial charge in [-0.3, -0.25) is 0 Å². The van der Waals surface area contributed by atoms with Gasteiger partial charge in [-0.1, -0.05) is 115 Å². The van der Waals surface area contributed by atoms with Crippen LogP contribution in [-0.2, 0) is 31.1 Å². The normalized spacial score (nSPS) is 16.5. The third-order valence-electron chi connectivity index (χ3n) is 9.60. The molecule has 0 amide bonds. The molecule has 0 nitrogen and oxygen atoms in total. The smallest absolute Gasteiger partial charge is 0.0745 e. The van der Waals surface area contributed by atoms with E-state index in [-0.39, 0.29) is 5.41 Å². The first-order chi connectivity index (χ1) is 18.4. The summed E-state index contributed by atoms with van der Waals surface area (Å²) in [6, 6.07) is 15.1. The lowest BCUT2D eigenvalue weighted by Gasteiger charge is -2.28. The molecule has 2 atom stereocenters. The van der Waals surface area contributed by atoms with E-state index in [4.69, 9.17) is 0 Å². The molecule has 2 aliphatic carbocycles. The monoisotopic (exact) mass is 654 g/mol. The molecule has 204 valence electrons. The van der Waals surface area contributed by atoms with E-state index >= 15 is 0 Å². The molecule has 2 unspecified atom stereocenters. The zero-order chi connectivity index (χ0) is 26.9. The number of hydrogen-bond acceptors (Lipinski definition) is 1. The van der Waals surface area contributed by atoms with Crippen molar-refractivity contribution in [2.45, 2.75) is 110 Å². The van der Waals surface area contributed by atoms with Crippen molar-refractivity contribution < 1.29 is 0 Å². The Bertz CT molecular complexity index is 1170. The molecular weight excluding hydrogens is 612 g/mol. The van der Waals surface area contributed by atoms with E-state index in [1.54, 1.807) is 11.1 Å². The number of rotatable bonds is 12. The van der Waals surface area contributed by atoms with Crippen LogP contribution in [-0.4, -0.2) is 0 Å². The molecular formula is C35H44Br2S. The van der Waals surface area contributed by atoms with Gasteiger partial charge in [0.1, 0.15) is 0 Å². The van der Waals surface area contributed by atoms with Crippen LogP contribution in [0.25, 0.3) is 11.1 Å². The second kappa shape index (κ2) is 12.3. The molecule has 0 radical (unpaired) electrons. The van der Waals surface area contributed by atoms with Gasteiger partial charge < -0.3 is 0 Å². The highest BCUT2D eigenvalue weighted by Gasteiger charge is 2.49. The predicted molar refractivity (Wildman–Crippen MR) is 174 cm³/mol. The van der Waals surface area contributed by atoms with Crippen LogP contribution < -0.4 is 0 Å². The van der Waals surface area contributed by atoms with Crippen LogP contribution in [0.1, 0.15) is 112 Å². The lowest BCUT2D eigenvalue weighted by atomic mass is 9.74. The van der Waals surface area contributed by atoms with Gasteiger partial charge in [-0.05, 0) is 114 Å². The summed E-state index contributed by atoms with van der Waals surface area (Å²) in [4.78, 5) is 0. The van der Waals surface area contributed by atoms with Gasteiger partial charge in [-0.2, -0.15) is 0 Å². The fourth-order valence-electron chi connectivity index (χ4n) is 7.24. The van der Waals surface area contributed by atoms with Gasteiger partial charge >= 0.3 is 0 Å². The molecule has 3 aromatic rings. The first-order valence-electron chi connectivity index (χ1n) is 15.2. The number of fused-ring (bicyclic) bond motifs is 6. The molecule has 3 heteroatoms. The summed E-state index contributed by atoms with van der Waals surface area (Å²) in [5.41, 5.74) is 12.3. The molecule has 2 aliphatic rings. The fraction of sp³-hybridized carbons (Fsp3) is 0.543. The van der Waals surface area contributed by atoms with Gasteiger partial charge in [0.05, 0.1) is 7.57 Å². The van der Waals surface area contributed by atoms with Crippen LogP contribution in [0.3, 0.4) is 0 Å². The third-order valence-corrected chi connectivity index (χ3v) is 12.4. The Morgan fingerprint density at radius 1 is 0.711 bits per heavy atom. The molecule has 0 saturated heterocycles. The Balaban J connectivity index is 1.55. The van der Waals surface area contributed by atoms with E-state index in [2.05, 4.69) is 96.0 Å². The largest absolute Gasteiger partial charge is 0.121 e. The molecule has 5 rings (SSSR count). The van der Waals surface area contributed by atoms with Crippen molar-refractivity contribution in [1.82, 2.24) is 0 Å². The number of hydrogen-bond donors (Lipinski definition) is 0. The fourth-order valence-corrected chi connectivity index (χ4v) is 10.4. The lowest BCUT2D eigenvalue weighted by molar-refractivity contribution is 0.448. The first-order valence-corrected chi connectivity index (χ1v) is 17.6. The maximum absolute atomic E-state index is 3.93. The summed E-state index contributed by atoms with van der Waals surface area (Å²) in [6.07, 6.45) is 15.2. The molecule has 0 fully saturated rings. The standard InChI is InChI=1S/C35H44Br2S/c1-5-9-11-23(7-3)17-25-13-15-27-28-16-14-26(18-24(8-4)12-10-6-2)20-32(28)35(31(27)19-25)21-29-30(22-35)34(37)38-33(29)36/h13-16,19-20,23-24H,5-12,17-18,21-22H2,1-4H3. The average molecular weight is 657 g/mol. The van der Waals surface area contributed by atoms with Crippen molar-refractivity contribution in [3.05, 3.63) is 77.4 Å². The van der Waals surface area contributed by atoms with E-state index in [0.717, 1.165) is 24.7 Å². The molecule has 0 bridgehead atoms. The van der Waals surface area contributed by atoms with Gasteiger partial charge in [0.2, 0.25) is 0 Å². The van der Waals surface area contributed by atoms with E-state index < -0.39 is 0 Å². The van der Waals surface area contributed by atoms with Crippen LogP contribution in [0.5, 0.6) is 0 Å². The molecule has 0 aliphatic heterocycles. The minimum absolute atomic E-state index is 0.0661. The van der Waals surface area contributed by atoms with Crippen molar-refractivity contribution >= 4 is 43.2 Å². The number of benzene rings is 2. The second-order valence-electron chi connectivity index (χ2n) is 12.0. The maximum atomic E-state index is 3.93. The number of halogens is 2. The summed E-state index contributed by atoms with van der Waals surface area (Å²) in [6.45, 7) is 9.39. The van der Waals surface area contributed by atoms with Crippen LogP contribution in [0.4, 0.5) is 0 Å². The Hall–Kier alpha value is -0.900.